The largest absolute Gasteiger partial charge is 0.329 e. The van der Waals surface area contributed by atoms with Crippen molar-refractivity contribution in [1.82, 2.24) is 4.90 Å². The molecule has 1 unspecified atom stereocenters. The van der Waals surface area contributed by atoms with E-state index >= 15 is 0 Å². The fourth-order valence-electron chi connectivity index (χ4n) is 2.65. The van der Waals surface area contributed by atoms with Gasteiger partial charge in [0.2, 0.25) is 0 Å². The molecule has 0 saturated heterocycles. The maximum Gasteiger partial charge on any atom is 0.0331 e. The highest BCUT2D eigenvalue weighted by molar-refractivity contribution is 4.94. The summed E-state index contributed by atoms with van der Waals surface area (Å²) in [5, 5.41) is 0. The fraction of sp³-hybridized carbons (Fsp3) is 1.00. The normalized spacial score (nSPS) is 23.8. The van der Waals surface area contributed by atoms with Gasteiger partial charge in [-0.15, -0.1) is 0 Å². The molecular formula is C12H26N2. The molecule has 0 aromatic heterocycles. The van der Waals surface area contributed by atoms with Gasteiger partial charge < -0.3 is 5.73 Å². The van der Waals surface area contributed by atoms with Gasteiger partial charge in [-0.3, -0.25) is 4.90 Å². The monoisotopic (exact) mass is 198 g/mol. The maximum absolute atomic E-state index is 5.99. The number of hydrogen-bond donors (Lipinski definition) is 1. The molecule has 1 aliphatic rings. The summed E-state index contributed by atoms with van der Waals surface area (Å²) in [5.74, 6) is 0. The van der Waals surface area contributed by atoms with Crippen molar-refractivity contribution in [3.8, 4) is 0 Å². The van der Waals surface area contributed by atoms with E-state index in [0.29, 0.717) is 11.6 Å². The van der Waals surface area contributed by atoms with Crippen LogP contribution in [0.1, 0.15) is 52.4 Å². The Bertz CT molecular complexity index is 162. The predicted octanol–water partition coefficient (Wildman–Crippen LogP) is 2.38. The molecule has 1 fully saturated rings. The van der Waals surface area contributed by atoms with Crippen LogP contribution in [0.2, 0.25) is 0 Å². The Morgan fingerprint density at radius 3 is 2.29 bits per heavy atom. The molecule has 0 aromatic rings. The summed E-state index contributed by atoms with van der Waals surface area (Å²) in [7, 11) is 2.26. The highest BCUT2D eigenvalue weighted by Gasteiger charge is 2.36. The third-order valence-corrected chi connectivity index (χ3v) is 4.16. The zero-order chi connectivity index (χ0) is 10.6. The number of hydrogen-bond acceptors (Lipinski definition) is 2. The molecule has 2 N–H and O–H groups in total. The van der Waals surface area contributed by atoms with Crippen molar-refractivity contribution in [3.63, 3.8) is 0 Å². The van der Waals surface area contributed by atoms with E-state index < -0.39 is 0 Å². The Morgan fingerprint density at radius 2 is 1.86 bits per heavy atom. The first-order chi connectivity index (χ1) is 6.66. The molecule has 0 amide bonds. The molecule has 0 aromatic carbocycles. The van der Waals surface area contributed by atoms with Gasteiger partial charge in [0.15, 0.2) is 0 Å². The van der Waals surface area contributed by atoms with Crippen molar-refractivity contribution in [2.45, 2.75) is 64.0 Å². The van der Waals surface area contributed by atoms with Crippen molar-refractivity contribution in [1.29, 1.82) is 0 Å². The Kier molecular flexibility index (Phi) is 4.39. The van der Waals surface area contributed by atoms with Crippen molar-refractivity contribution in [2.24, 2.45) is 5.73 Å². The van der Waals surface area contributed by atoms with Gasteiger partial charge in [0.1, 0.15) is 0 Å². The van der Waals surface area contributed by atoms with Gasteiger partial charge in [-0.25, -0.2) is 0 Å². The summed E-state index contributed by atoms with van der Waals surface area (Å²) in [6.45, 7) is 5.40. The Hall–Kier alpha value is -0.0800. The first-order valence-corrected chi connectivity index (χ1v) is 6.09. The van der Waals surface area contributed by atoms with Crippen LogP contribution >= 0.6 is 0 Å². The lowest BCUT2D eigenvalue weighted by Crippen LogP contribution is -2.56. The molecule has 0 radical (unpaired) electrons. The molecule has 84 valence electrons. The summed E-state index contributed by atoms with van der Waals surface area (Å²) in [5.41, 5.74) is 6.30. The van der Waals surface area contributed by atoms with Crippen molar-refractivity contribution < 1.29 is 0 Å². The minimum Gasteiger partial charge on any atom is -0.329 e. The molecule has 0 bridgehead atoms. The van der Waals surface area contributed by atoms with Gasteiger partial charge in [-0.1, -0.05) is 26.2 Å². The van der Waals surface area contributed by atoms with Crippen LogP contribution in [0.5, 0.6) is 0 Å². The maximum atomic E-state index is 5.99. The quantitative estimate of drug-likeness (QED) is 0.751. The van der Waals surface area contributed by atoms with Gasteiger partial charge >= 0.3 is 0 Å². The third-order valence-electron chi connectivity index (χ3n) is 4.16. The molecule has 0 aliphatic heterocycles. The molecule has 1 atom stereocenters. The van der Waals surface area contributed by atoms with E-state index in [4.69, 9.17) is 5.73 Å². The smallest absolute Gasteiger partial charge is 0.0331 e. The van der Waals surface area contributed by atoms with Crippen molar-refractivity contribution in [3.05, 3.63) is 0 Å². The second kappa shape index (κ2) is 5.13. The third kappa shape index (κ3) is 2.29. The second-order valence-electron chi connectivity index (χ2n) is 4.86. The second-order valence-corrected chi connectivity index (χ2v) is 4.86. The summed E-state index contributed by atoms with van der Waals surface area (Å²) in [6.07, 6.45) is 7.93. The first kappa shape index (κ1) is 12.0. The highest BCUT2D eigenvalue weighted by atomic mass is 15.2. The van der Waals surface area contributed by atoms with Gasteiger partial charge in [-0.05, 0) is 33.2 Å². The van der Waals surface area contributed by atoms with E-state index in [2.05, 4.69) is 25.8 Å². The van der Waals surface area contributed by atoms with E-state index in [9.17, 15) is 0 Å². The van der Waals surface area contributed by atoms with Crippen LogP contribution in [-0.4, -0.2) is 30.1 Å². The molecule has 0 heterocycles. The zero-order valence-electron chi connectivity index (χ0n) is 10.1. The summed E-state index contributed by atoms with van der Waals surface area (Å²) in [4.78, 5) is 2.53. The minimum atomic E-state index is 0.313. The van der Waals surface area contributed by atoms with Crippen LogP contribution in [0, 0.1) is 0 Å². The SMILES string of the molecule is CCC(C)N(C)C1(CN)CCCCC1. The van der Waals surface area contributed by atoms with Crippen LogP contribution in [0.25, 0.3) is 0 Å². The molecular weight excluding hydrogens is 172 g/mol. The molecule has 2 heteroatoms. The van der Waals surface area contributed by atoms with Crippen molar-refractivity contribution >= 4 is 0 Å². The van der Waals surface area contributed by atoms with Crippen molar-refractivity contribution in [2.75, 3.05) is 13.6 Å². The van der Waals surface area contributed by atoms with Gasteiger partial charge in [0.05, 0.1) is 0 Å². The minimum absolute atomic E-state index is 0.313. The van der Waals surface area contributed by atoms with E-state index in [0.717, 1.165) is 6.54 Å². The Morgan fingerprint density at radius 1 is 1.29 bits per heavy atom. The van der Waals surface area contributed by atoms with Gasteiger partial charge in [0.25, 0.3) is 0 Å². The first-order valence-electron chi connectivity index (χ1n) is 6.09. The van der Waals surface area contributed by atoms with Crippen LogP contribution in [0.4, 0.5) is 0 Å². The van der Waals surface area contributed by atoms with E-state index in [1.54, 1.807) is 0 Å². The van der Waals surface area contributed by atoms with Crippen LogP contribution < -0.4 is 5.73 Å². The molecule has 2 nitrogen and oxygen atoms in total. The fourth-order valence-corrected chi connectivity index (χ4v) is 2.65. The summed E-state index contributed by atoms with van der Waals surface area (Å²) < 4.78 is 0. The highest BCUT2D eigenvalue weighted by Crippen LogP contribution is 2.33. The number of nitrogens with two attached hydrogens (primary N) is 1. The van der Waals surface area contributed by atoms with E-state index in [1.165, 1.54) is 38.5 Å². The molecule has 0 spiro atoms. The number of likely N-dealkylation sites (N-methyl/N-ethyl adjacent to an activating group) is 1. The summed E-state index contributed by atoms with van der Waals surface area (Å²) >= 11 is 0. The van der Waals surface area contributed by atoms with Crippen LogP contribution in [0.15, 0.2) is 0 Å². The van der Waals surface area contributed by atoms with Crippen LogP contribution in [-0.2, 0) is 0 Å². The average molecular weight is 198 g/mol. The molecule has 14 heavy (non-hydrogen) atoms. The van der Waals surface area contributed by atoms with Gasteiger partial charge in [0, 0.05) is 18.1 Å². The lowest BCUT2D eigenvalue weighted by Gasteiger charge is -2.46. The average Bonchev–Trinajstić information content (AvgIpc) is 2.28. The van der Waals surface area contributed by atoms with E-state index in [1.807, 2.05) is 0 Å². The molecule has 1 rings (SSSR count). The van der Waals surface area contributed by atoms with Crippen LogP contribution in [0.3, 0.4) is 0 Å². The lowest BCUT2D eigenvalue weighted by molar-refractivity contribution is 0.0482. The Labute approximate surface area is 88.8 Å². The van der Waals surface area contributed by atoms with E-state index in [-0.39, 0.29) is 0 Å². The molecule has 1 saturated carbocycles. The zero-order valence-corrected chi connectivity index (χ0v) is 10.1. The standard InChI is InChI=1S/C12H26N2/c1-4-11(2)14(3)12(10-13)8-6-5-7-9-12/h11H,4-10,13H2,1-3H3. The van der Waals surface area contributed by atoms with Gasteiger partial charge in [-0.2, -0.15) is 0 Å². The predicted molar refractivity (Wildman–Crippen MR) is 62.4 cm³/mol. The Balaban J connectivity index is 2.66. The summed E-state index contributed by atoms with van der Waals surface area (Å²) in [6, 6.07) is 0.664. The lowest BCUT2D eigenvalue weighted by atomic mass is 9.79. The number of nitrogens with zero attached hydrogens (tertiary/aromatic N) is 1. The topological polar surface area (TPSA) is 29.3 Å². The molecule has 1 aliphatic carbocycles. The number of rotatable bonds is 4.